The molecule has 1 saturated heterocycles. The molecular formula is C25H27N3O4. The van der Waals surface area contributed by atoms with Crippen LogP contribution in [-0.4, -0.2) is 61.7 Å². The molecule has 0 amide bonds. The molecule has 4 rings (SSSR count). The van der Waals surface area contributed by atoms with Gasteiger partial charge in [-0.05, 0) is 18.6 Å². The predicted octanol–water partition coefficient (Wildman–Crippen LogP) is 3.52. The van der Waals surface area contributed by atoms with Crippen molar-refractivity contribution in [2.75, 3.05) is 44.8 Å². The number of rotatable bonds is 6. The third-order valence-corrected chi connectivity index (χ3v) is 5.71. The predicted molar refractivity (Wildman–Crippen MR) is 123 cm³/mol. The van der Waals surface area contributed by atoms with Crippen LogP contribution in [0.5, 0.6) is 0 Å². The number of aromatic nitrogens is 1. The van der Waals surface area contributed by atoms with E-state index in [1.54, 1.807) is 19.1 Å². The molecule has 32 heavy (non-hydrogen) atoms. The molecular weight excluding hydrogens is 406 g/mol. The van der Waals surface area contributed by atoms with Gasteiger partial charge in [0.05, 0.1) is 30.5 Å². The second-order valence-electron chi connectivity index (χ2n) is 7.68. The minimum Gasteiger partial charge on any atom is -0.465 e. The summed E-state index contributed by atoms with van der Waals surface area (Å²) in [6.07, 6.45) is 1.51. The molecule has 1 fully saturated rings. The fraction of sp³-hybridized carbons (Fsp3) is 0.320. The van der Waals surface area contributed by atoms with Crippen molar-refractivity contribution in [3.8, 4) is 0 Å². The van der Waals surface area contributed by atoms with Crippen LogP contribution in [0.2, 0.25) is 0 Å². The Morgan fingerprint density at radius 3 is 2.38 bits per heavy atom. The number of carbonyl (C=O) groups excluding carboxylic acids is 2. The zero-order chi connectivity index (χ0) is 22.5. The third-order valence-electron chi connectivity index (χ3n) is 5.71. The van der Waals surface area contributed by atoms with Crippen molar-refractivity contribution in [1.82, 2.24) is 9.88 Å². The Morgan fingerprint density at radius 2 is 1.69 bits per heavy atom. The van der Waals surface area contributed by atoms with Gasteiger partial charge in [0.2, 0.25) is 0 Å². The number of piperazine rings is 1. The first-order valence-corrected chi connectivity index (χ1v) is 10.8. The van der Waals surface area contributed by atoms with Crippen LogP contribution >= 0.6 is 0 Å². The monoisotopic (exact) mass is 433 g/mol. The third kappa shape index (κ3) is 4.43. The van der Waals surface area contributed by atoms with Gasteiger partial charge in [-0.25, -0.2) is 9.59 Å². The van der Waals surface area contributed by atoms with E-state index >= 15 is 0 Å². The van der Waals surface area contributed by atoms with Gasteiger partial charge in [-0.1, -0.05) is 42.5 Å². The number of carbonyl (C=O) groups is 2. The molecule has 0 atom stereocenters. The van der Waals surface area contributed by atoms with Gasteiger partial charge in [-0.3, -0.25) is 9.88 Å². The minimum atomic E-state index is -0.453. The van der Waals surface area contributed by atoms with Gasteiger partial charge in [0.25, 0.3) is 0 Å². The molecule has 1 aliphatic rings. The Morgan fingerprint density at radius 1 is 0.938 bits per heavy atom. The maximum absolute atomic E-state index is 12.7. The number of pyridine rings is 1. The van der Waals surface area contributed by atoms with Gasteiger partial charge in [-0.15, -0.1) is 0 Å². The SMILES string of the molecule is CCOC(=O)c1cnc2c(C(=O)OC)cccc2c1N1CCN(Cc2ccccc2)CC1. The van der Waals surface area contributed by atoms with E-state index in [4.69, 9.17) is 9.47 Å². The summed E-state index contributed by atoms with van der Waals surface area (Å²) in [5.74, 6) is -0.863. The first kappa shape index (κ1) is 21.8. The molecule has 0 aliphatic carbocycles. The van der Waals surface area contributed by atoms with E-state index in [-0.39, 0.29) is 6.61 Å². The summed E-state index contributed by atoms with van der Waals surface area (Å²) >= 11 is 0. The average molecular weight is 434 g/mol. The summed E-state index contributed by atoms with van der Waals surface area (Å²) in [6.45, 7) is 6.17. The lowest BCUT2D eigenvalue weighted by molar-refractivity contribution is 0.0526. The number of benzene rings is 2. The zero-order valence-electron chi connectivity index (χ0n) is 18.4. The van der Waals surface area contributed by atoms with E-state index in [9.17, 15) is 9.59 Å². The molecule has 1 aromatic heterocycles. The van der Waals surface area contributed by atoms with E-state index in [0.29, 0.717) is 16.6 Å². The van der Waals surface area contributed by atoms with Crippen LogP contribution in [0.3, 0.4) is 0 Å². The van der Waals surface area contributed by atoms with Crippen LogP contribution in [0.1, 0.15) is 33.2 Å². The summed E-state index contributed by atoms with van der Waals surface area (Å²) in [5, 5.41) is 0.745. The van der Waals surface area contributed by atoms with E-state index in [1.807, 2.05) is 12.1 Å². The molecule has 7 nitrogen and oxygen atoms in total. The number of para-hydroxylation sites is 1. The molecule has 0 spiro atoms. The standard InChI is InChI=1S/C25H27N3O4/c1-3-32-25(30)21-16-26-22-19(10-7-11-20(22)24(29)31-2)23(21)28-14-12-27(13-15-28)17-18-8-5-4-6-9-18/h4-11,16H,3,12-15,17H2,1-2H3. The van der Waals surface area contributed by atoms with Gasteiger partial charge < -0.3 is 14.4 Å². The first-order valence-electron chi connectivity index (χ1n) is 10.8. The van der Waals surface area contributed by atoms with Crippen LogP contribution in [0.15, 0.2) is 54.7 Å². The number of hydrogen-bond donors (Lipinski definition) is 0. The number of nitrogens with zero attached hydrogens (tertiary/aromatic N) is 3. The summed E-state index contributed by atoms with van der Waals surface area (Å²) in [6, 6.07) is 15.8. The highest BCUT2D eigenvalue weighted by molar-refractivity contribution is 6.10. The van der Waals surface area contributed by atoms with Crippen LogP contribution in [0, 0.1) is 0 Å². The second-order valence-corrected chi connectivity index (χ2v) is 7.68. The van der Waals surface area contributed by atoms with Crippen molar-refractivity contribution in [1.29, 1.82) is 0 Å². The lowest BCUT2D eigenvalue weighted by Crippen LogP contribution is -2.46. The highest BCUT2D eigenvalue weighted by atomic mass is 16.5. The van der Waals surface area contributed by atoms with Crippen molar-refractivity contribution in [2.24, 2.45) is 0 Å². The van der Waals surface area contributed by atoms with Gasteiger partial charge in [-0.2, -0.15) is 0 Å². The van der Waals surface area contributed by atoms with E-state index in [0.717, 1.165) is 43.8 Å². The summed E-state index contributed by atoms with van der Waals surface area (Å²) in [5.41, 5.74) is 3.36. The lowest BCUT2D eigenvalue weighted by atomic mass is 10.0. The van der Waals surface area contributed by atoms with Crippen LogP contribution in [-0.2, 0) is 16.0 Å². The van der Waals surface area contributed by atoms with E-state index in [2.05, 4.69) is 39.0 Å². The smallest absolute Gasteiger partial charge is 0.341 e. The molecule has 0 N–H and O–H groups in total. The molecule has 2 heterocycles. The lowest BCUT2D eigenvalue weighted by Gasteiger charge is -2.37. The quantitative estimate of drug-likeness (QED) is 0.551. The Hall–Kier alpha value is -3.45. The number of hydrogen-bond acceptors (Lipinski definition) is 7. The normalized spacial score (nSPS) is 14.4. The maximum atomic E-state index is 12.7. The van der Waals surface area contributed by atoms with Crippen molar-refractivity contribution in [3.05, 3.63) is 71.4 Å². The Kier molecular flexibility index (Phi) is 6.66. The van der Waals surface area contributed by atoms with E-state index < -0.39 is 11.9 Å². The Labute approximate surface area is 187 Å². The van der Waals surface area contributed by atoms with Crippen molar-refractivity contribution in [2.45, 2.75) is 13.5 Å². The highest BCUT2D eigenvalue weighted by Crippen LogP contribution is 2.33. The fourth-order valence-corrected chi connectivity index (χ4v) is 4.15. The largest absolute Gasteiger partial charge is 0.465 e. The van der Waals surface area contributed by atoms with Crippen molar-refractivity contribution in [3.63, 3.8) is 0 Å². The van der Waals surface area contributed by atoms with Crippen LogP contribution < -0.4 is 4.90 Å². The number of ether oxygens (including phenoxy) is 2. The van der Waals surface area contributed by atoms with E-state index in [1.165, 1.54) is 18.9 Å². The number of esters is 2. The van der Waals surface area contributed by atoms with Crippen LogP contribution in [0.25, 0.3) is 10.9 Å². The van der Waals surface area contributed by atoms with Gasteiger partial charge in [0.15, 0.2) is 0 Å². The second kappa shape index (κ2) is 9.78. The topological polar surface area (TPSA) is 72.0 Å². The molecule has 166 valence electrons. The zero-order valence-corrected chi connectivity index (χ0v) is 18.4. The highest BCUT2D eigenvalue weighted by Gasteiger charge is 2.26. The molecule has 7 heteroatoms. The number of fused-ring (bicyclic) bond motifs is 1. The molecule has 3 aromatic rings. The molecule has 2 aromatic carbocycles. The maximum Gasteiger partial charge on any atom is 0.341 e. The Balaban J connectivity index is 1.67. The van der Waals surface area contributed by atoms with Crippen molar-refractivity contribution < 1.29 is 19.1 Å². The summed E-state index contributed by atoms with van der Waals surface area (Å²) in [7, 11) is 1.35. The number of anilines is 1. The Bertz CT molecular complexity index is 1110. The fourth-order valence-electron chi connectivity index (χ4n) is 4.15. The molecule has 0 bridgehead atoms. The summed E-state index contributed by atoms with van der Waals surface area (Å²) < 4.78 is 10.2. The molecule has 0 unspecified atom stereocenters. The van der Waals surface area contributed by atoms with Crippen LogP contribution in [0.4, 0.5) is 5.69 Å². The first-order chi connectivity index (χ1) is 15.6. The molecule has 0 saturated carbocycles. The van der Waals surface area contributed by atoms with Gasteiger partial charge in [0.1, 0.15) is 5.56 Å². The molecule has 0 radical (unpaired) electrons. The molecule has 1 aliphatic heterocycles. The summed E-state index contributed by atoms with van der Waals surface area (Å²) in [4.78, 5) is 34.1. The van der Waals surface area contributed by atoms with Crippen molar-refractivity contribution >= 4 is 28.5 Å². The number of methoxy groups -OCH3 is 1. The average Bonchev–Trinajstić information content (AvgIpc) is 2.83. The minimum absolute atomic E-state index is 0.281. The van der Waals surface area contributed by atoms with Gasteiger partial charge >= 0.3 is 11.9 Å². The van der Waals surface area contributed by atoms with Gasteiger partial charge in [0, 0.05) is 44.3 Å².